The van der Waals surface area contributed by atoms with Crippen LogP contribution in [0.3, 0.4) is 0 Å². The molecule has 0 bridgehead atoms. The van der Waals surface area contributed by atoms with E-state index in [2.05, 4.69) is 76.4 Å². The van der Waals surface area contributed by atoms with Crippen LogP contribution in [0, 0.1) is 17.8 Å². The van der Waals surface area contributed by atoms with Gasteiger partial charge in [0.2, 0.25) is 0 Å². The molecular weight excluding hydrogens is 390 g/mol. The van der Waals surface area contributed by atoms with E-state index in [9.17, 15) is 0 Å². The summed E-state index contributed by atoms with van der Waals surface area (Å²) in [5.41, 5.74) is 9.24. The molecule has 1 fully saturated rings. The van der Waals surface area contributed by atoms with E-state index in [1.165, 1.54) is 56.1 Å². The van der Waals surface area contributed by atoms with Gasteiger partial charge in [-0.15, -0.1) is 0 Å². The van der Waals surface area contributed by atoms with E-state index in [-0.39, 0.29) is 11.6 Å². The maximum absolute atomic E-state index is 6.30. The van der Waals surface area contributed by atoms with Gasteiger partial charge in [0.15, 0.2) is 0 Å². The molecule has 1 saturated carbocycles. The molecule has 3 nitrogen and oxygen atoms in total. The minimum absolute atomic E-state index is 0.0176. The second kappa shape index (κ2) is 13.7. The molecule has 1 aliphatic rings. The summed E-state index contributed by atoms with van der Waals surface area (Å²) in [4.78, 5) is 0. The lowest BCUT2D eigenvalue weighted by Crippen LogP contribution is -2.52. The average molecular weight is 444 g/mol. The van der Waals surface area contributed by atoms with Gasteiger partial charge in [0.05, 0.1) is 0 Å². The predicted octanol–water partition coefficient (Wildman–Crippen LogP) is 6.62. The zero-order valence-electron chi connectivity index (χ0n) is 22.1. The predicted molar refractivity (Wildman–Crippen MR) is 141 cm³/mol. The van der Waals surface area contributed by atoms with Gasteiger partial charge in [0.1, 0.15) is 0 Å². The van der Waals surface area contributed by atoms with Crippen LogP contribution in [0.2, 0.25) is 0 Å². The molecule has 0 aromatic heterocycles. The highest BCUT2D eigenvalue weighted by Gasteiger charge is 2.22. The number of nitrogens with two attached hydrogens (primary N) is 1. The standard InChI is InChI=1S/C29H53N3/c1-22(2)18-27(30)20-32-29(5,6)21-31-28(19-23(3)4)26-16-14-25(15-17-26)13-12-24-10-8-7-9-11-24/h14-17,22-24,27-28,31-32H,7-13,18-21,30H2,1-6H3/t27?,28-/m0/s1. The molecule has 3 heteroatoms. The maximum Gasteiger partial charge on any atom is 0.0323 e. The summed E-state index contributed by atoms with van der Waals surface area (Å²) in [7, 11) is 0. The van der Waals surface area contributed by atoms with Crippen molar-refractivity contribution in [3.8, 4) is 0 Å². The van der Waals surface area contributed by atoms with Crippen LogP contribution in [0.1, 0.15) is 110 Å². The van der Waals surface area contributed by atoms with Crippen LogP contribution in [0.4, 0.5) is 0 Å². The highest BCUT2D eigenvalue weighted by atomic mass is 15.0. The highest BCUT2D eigenvalue weighted by Crippen LogP contribution is 2.28. The molecule has 2 rings (SSSR count). The van der Waals surface area contributed by atoms with E-state index >= 15 is 0 Å². The molecule has 4 N–H and O–H groups in total. The molecule has 0 radical (unpaired) electrons. The van der Waals surface area contributed by atoms with Crippen molar-refractivity contribution in [2.75, 3.05) is 13.1 Å². The molecule has 0 amide bonds. The smallest absolute Gasteiger partial charge is 0.0323 e. The summed E-state index contributed by atoms with van der Waals surface area (Å²) in [6, 6.07) is 10.1. The Kier molecular flexibility index (Phi) is 11.7. The van der Waals surface area contributed by atoms with E-state index in [0.29, 0.717) is 17.9 Å². The second-order valence-corrected chi connectivity index (χ2v) is 12.0. The van der Waals surface area contributed by atoms with Crippen molar-refractivity contribution < 1.29 is 0 Å². The zero-order chi connectivity index (χ0) is 23.6. The number of nitrogens with one attached hydrogen (secondary N) is 2. The third kappa shape index (κ3) is 10.8. The van der Waals surface area contributed by atoms with Crippen LogP contribution in [0.15, 0.2) is 24.3 Å². The van der Waals surface area contributed by atoms with Gasteiger partial charge < -0.3 is 16.4 Å². The van der Waals surface area contributed by atoms with Crippen molar-refractivity contribution in [2.24, 2.45) is 23.5 Å². The van der Waals surface area contributed by atoms with E-state index in [1.54, 1.807) is 0 Å². The normalized spacial score (nSPS) is 17.8. The van der Waals surface area contributed by atoms with E-state index in [0.717, 1.165) is 31.8 Å². The molecule has 184 valence electrons. The molecule has 1 aromatic carbocycles. The summed E-state index contributed by atoms with van der Waals surface area (Å²) in [6.07, 6.45) is 12.1. The van der Waals surface area contributed by atoms with Crippen LogP contribution in [0.25, 0.3) is 0 Å². The lowest BCUT2D eigenvalue weighted by atomic mass is 9.85. The van der Waals surface area contributed by atoms with Crippen LogP contribution in [0.5, 0.6) is 0 Å². The quantitative estimate of drug-likeness (QED) is 0.303. The minimum Gasteiger partial charge on any atom is -0.327 e. The molecular formula is C29H53N3. The Balaban J connectivity index is 1.88. The number of hydrogen-bond donors (Lipinski definition) is 3. The number of benzene rings is 1. The lowest BCUT2D eigenvalue weighted by molar-refractivity contribution is 0.314. The third-order valence-corrected chi connectivity index (χ3v) is 7.06. The molecule has 32 heavy (non-hydrogen) atoms. The van der Waals surface area contributed by atoms with Crippen LogP contribution in [-0.2, 0) is 6.42 Å². The molecule has 0 saturated heterocycles. The first-order chi connectivity index (χ1) is 15.1. The molecule has 1 aliphatic carbocycles. The largest absolute Gasteiger partial charge is 0.327 e. The van der Waals surface area contributed by atoms with Crippen molar-refractivity contribution in [1.82, 2.24) is 10.6 Å². The van der Waals surface area contributed by atoms with Crippen molar-refractivity contribution in [1.29, 1.82) is 0 Å². The third-order valence-electron chi connectivity index (χ3n) is 7.06. The Hall–Kier alpha value is -0.900. The lowest BCUT2D eigenvalue weighted by Gasteiger charge is -2.32. The van der Waals surface area contributed by atoms with Gasteiger partial charge in [-0.05, 0) is 68.4 Å². The zero-order valence-corrected chi connectivity index (χ0v) is 22.1. The van der Waals surface area contributed by atoms with Crippen LogP contribution in [-0.4, -0.2) is 24.7 Å². The van der Waals surface area contributed by atoms with Gasteiger partial charge in [-0.3, -0.25) is 0 Å². The van der Waals surface area contributed by atoms with Gasteiger partial charge in [0.25, 0.3) is 0 Å². The topological polar surface area (TPSA) is 50.1 Å². The number of aryl methyl sites for hydroxylation is 1. The van der Waals surface area contributed by atoms with Gasteiger partial charge in [-0.2, -0.15) is 0 Å². The van der Waals surface area contributed by atoms with Crippen LogP contribution >= 0.6 is 0 Å². The first-order valence-corrected chi connectivity index (χ1v) is 13.5. The summed E-state index contributed by atoms with van der Waals surface area (Å²) in [6.45, 7) is 15.5. The fourth-order valence-electron chi connectivity index (χ4n) is 5.11. The maximum atomic E-state index is 6.30. The molecule has 1 aromatic rings. The summed E-state index contributed by atoms with van der Waals surface area (Å²) in [5, 5.41) is 7.57. The van der Waals surface area contributed by atoms with Gasteiger partial charge in [0, 0.05) is 30.7 Å². The molecule has 2 atom stereocenters. The Bertz CT molecular complexity index is 614. The van der Waals surface area contributed by atoms with Crippen molar-refractivity contribution >= 4 is 0 Å². The Morgan fingerprint density at radius 3 is 2.16 bits per heavy atom. The molecule has 0 heterocycles. The number of hydrogen-bond acceptors (Lipinski definition) is 3. The van der Waals surface area contributed by atoms with Gasteiger partial charge in [-0.1, -0.05) is 84.1 Å². The van der Waals surface area contributed by atoms with Gasteiger partial charge in [-0.25, -0.2) is 0 Å². The summed E-state index contributed by atoms with van der Waals surface area (Å²) < 4.78 is 0. The van der Waals surface area contributed by atoms with Crippen molar-refractivity contribution in [3.05, 3.63) is 35.4 Å². The molecule has 1 unspecified atom stereocenters. The first kappa shape index (κ1) is 27.3. The summed E-state index contributed by atoms with van der Waals surface area (Å²) >= 11 is 0. The SMILES string of the molecule is CC(C)CC(N)CNC(C)(C)CN[C@@H](CC(C)C)c1ccc(CCC2CCCCC2)cc1. The molecule has 0 aliphatic heterocycles. The fourth-order valence-corrected chi connectivity index (χ4v) is 5.11. The highest BCUT2D eigenvalue weighted by molar-refractivity contribution is 5.25. The van der Waals surface area contributed by atoms with Crippen molar-refractivity contribution in [2.45, 2.75) is 117 Å². The van der Waals surface area contributed by atoms with Crippen LogP contribution < -0.4 is 16.4 Å². The Morgan fingerprint density at radius 2 is 1.56 bits per heavy atom. The number of rotatable bonds is 14. The van der Waals surface area contributed by atoms with Crippen molar-refractivity contribution in [3.63, 3.8) is 0 Å². The Labute approximate surface area is 199 Å². The fraction of sp³-hybridized carbons (Fsp3) is 0.793. The van der Waals surface area contributed by atoms with E-state index in [1.807, 2.05) is 0 Å². The summed E-state index contributed by atoms with van der Waals surface area (Å²) in [5.74, 6) is 2.27. The average Bonchev–Trinajstić information content (AvgIpc) is 2.74. The van der Waals surface area contributed by atoms with E-state index < -0.39 is 0 Å². The van der Waals surface area contributed by atoms with Gasteiger partial charge >= 0.3 is 0 Å². The minimum atomic E-state index is 0.0176. The first-order valence-electron chi connectivity index (χ1n) is 13.5. The van der Waals surface area contributed by atoms with E-state index in [4.69, 9.17) is 5.73 Å². The monoisotopic (exact) mass is 443 g/mol. The Morgan fingerprint density at radius 1 is 0.938 bits per heavy atom. The second-order valence-electron chi connectivity index (χ2n) is 12.0. The molecule has 0 spiro atoms.